The molecule has 0 spiro atoms. The smallest absolute Gasteiger partial charge is 0.269 e. The minimum absolute atomic E-state index is 0.278. The number of rotatable bonds is 6. The van der Waals surface area contributed by atoms with Gasteiger partial charge in [0.1, 0.15) is 10.8 Å². The number of aromatic nitrogens is 2. The van der Waals surface area contributed by atoms with E-state index in [1.54, 1.807) is 38.1 Å². The van der Waals surface area contributed by atoms with Crippen LogP contribution in [0.25, 0.3) is 0 Å². The molecule has 0 aliphatic carbocycles. The van der Waals surface area contributed by atoms with Crippen molar-refractivity contribution in [2.75, 3.05) is 5.32 Å². The highest BCUT2D eigenvalue weighted by atomic mass is 35.5. The summed E-state index contributed by atoms with van der Waals surface area (Å²) in [5.41, 5.74) is -1.04. The number of hydrogen-bond donors (Lipinski definition) is 1. The Morgan fingerprint density at radius 1 is 1.30 bits per heavy atom. The number of ether oxygens (including phenoxy) is 1. The standard InChI is InChI=1S/C16H20ClN3O2S/c1-10(2)9-13-19-20-15(23-13)18-14(21)16(3,4)22-12-7-5-11(17)6-8-12/h5-8,10H,9H2,1-4H3,(H,18,20,21). The maximum atomic E-state index is 12.4. The van der Waals surface area contributed by atoms with Crippen molar-refractivity contribution in [2.45, 2.75) is 39.7 Å². The summed E-state index contributed by atoms with van der Waals surface area (Å²) in [6, 6.07) is 6.88. The van der Waals surface area contributed by atoms with E-state index in [-0.39, 0.29) is 5.91 Å². The van der Waals surface area contributed by atoms with Crippen LogP contribution in [0, 0.1) is 5.92 Å². The molecule has 1 N–H and O–H groups in total. The maximum absolute atomic E-state index is 12.4. The summed E-state index contributed by atoms with van der Waals surface area (Å²) >= 11 is 7.23. The molecule has 0 fully saturated rings. The van der Waals surface area contributed by atoms with Gasteiger partial charge in [0.2, 0.25) is 5.13 Å². The Hall–Kier alpha value is -1.66. The van der Waals surface area contributed by atoms with Crippen LogP contribution in [-0.4, -0.2) is 21.7 Å². The molecule has 0 aliphatic rings. The minimum Gasteiger partial charge on any atom is -0.478 e. The van der Waals surface area contributed by atoms with E-state index < -0.39 is 5.60 Å². The van der Waals surface area contributed by atoms with E-state index in [1.807, 2.05) is 0 Å². The third kappa shape index (κ3) is 5.18. The molecule has 2 rings (SSSR count). The molecular formula is C16H20ClN3O2S. The molecule has 1 amide bonds. The highest BCUT2D eigenvalue weighted by Gasteiger charge is 2.31. The molecule has 2 aromatic rings. The summed E-state index contributed by atoms with van der Waals surface area (Å²) in [5, 5.41) is 12.9. The zero-order valence-electron chi connectivity index (χ0n) is 13.6. The van der Waals surface area contributed by atoms with Gasteiger partial charge in [-0.1, -0.05) is 36.8 Å². The number of nitrogens with one attached hydrogen (secondary N) is 1. The molecule has 23 heavy (non-hydrogen) atoms. The Kier molecular flexibility index (Phi) is 5.59. The Morgan fingerprint density at radius 2 is 1.96 bits per heavy atom. The van der Waals surface area contributed by atoms with Crippen LogP contribution in [0.15, 0.2) is 24.3 Å². The van der Waals surface area contributed by atoms with Gasteiger partial charge in [-0.15, -0.1) is 10.2 Å². The number of benzene rings is 1. The van der Waals surface area contributed by atoms with Crippen molar-refractivity contribution in [3.63, 3.8) is 0 Å². The predicted molar refractivity (Wildman–Crippen MR) is 93.2 cm³/mol. The maximum Gasteiger partial charge on any atom is 0.269 e. The normalized spacial score (nSPS) is 11.6. The fourth-order valence-electron chi connectivity index (χ4n) is 1.83. The molecule has 0 bridgehead atoms. The Bertz CT molecular complexity index is 668. The first-order chi connectivity index (χ1) is 10.8. The van der Waals surface area contributed by atoms with Crippen molar-refractivity contribution in [3.8, 4) is 5.75 Å². The van der Waals surface area contributed by atoms with Gasteiger partial charge in [0.15, 0.2) is 5.60 Å². The molecule has 0 atom stereocenters. The van der Waals surface area contributed by atoms with Gasteiger partial charge in [-0.2, -0.15) is 0 Å². The SMILES string of the molecule is CC(C)Cc1nnc(NC(=O)C(C)(C)Oc2ccc(Cl)cc2)s1. The second-order valence-electron chi connectivity index (χ2n) is 6.12. The van der Waals surface area contributed by atoms with Crippen molar-refractivity contribution in [3.05, 3.63) is 34.3 Å². The predicted octanol–water partition coefficient (Wildman–Crippen LogP) is 4.19. The van der Waals surface area contributed by atoms with Crippen LogP contribution in [0.3, 0.4) is 0 Å². The van der Waals surface area contributed by atoms with E-state index in [1.165, 1.54) is 11.3 Å². The van der Waals surface area contributed by atoms with Crippen LogP contribution >= 0.6 is 22.9 Å². The zero-order valence-corrected chi connectivity index (χ0v) is 15.2. The summed E-state index contributed by atoms with van der Waals surface area (Å²) < 4.78 is 5.75. The number of halogens is 1. The fourth-order valence-corrected chi connectivity index (χ4v) is 2.90. The van der Waals surface area contributed by atoms with Crippen LogP contribution in [0.1, 0.15) is 32.7 Å². The Morgan fingerprint density at radius 3 is 2.57 bits per heavy atom. The van der Waals surface area contributed by atoms with E-state index in [9.17, 15) is 4.79 Å². The highest BCUT2D eigenvalue weighted by Crippen LogP contribution is 2.23. The number of hydrogen-bond acceptors (Lipinski definition) is 5. The molecule has 1 aromatic heterocycles. The van der Waals surface area contributed by atoms with Crippen molar-refractivity contribution in [1.29, 1.82) is 0 Å². The third-order valence-corrected chi connectivity index (χ3v) is 4.12. The van der Waals surface area contributed by atoms with Crippen LogP contribution in [-0.2, 0) is 11.2 Å². The molecule has 0 unspecified atom stereocenters. The van der Waals surface area contributed by atoms with Crippen molar-refractivity contribution in [1.82, 2.24) is 10.2 Å². The fraction of sp³-hybridized carbons (Fsp3) is 0.438. The van der Waals surface area contributed by atoms with Gasteiger partial charge >= 0.3 is 0 Å². The minimum atomic E-state index is -1.04. The second kappa shape index (κ2) is 7.27. The van der Waals surface area contributed by atoms with Crippen molar-refractivity contribution < 1.29 is 9.53 Å². The van der Waals surface area contributed by atoms with Gasteiger partial charge in [0.05, 0.1) is 0 Å². The summed E-state index contributed by atoms with van der Waals surface area (Å²) in [7, 11) is 0. The van der Waals surface area contributed by atoms with Gasteiger partial charge in [-0.25, -0.2) is 0 Å². The molecule has 0 saturated heterocycles. The lowest BCUT2D eigenvalue weighted by molar-refractivity contribution is -0.128. The van der Waals surface area contributed by atoms with E-state index in [2.05, 4.69) is 29.4 Å². The number of anilines is 1. The zero-order chi connectivity index (χ0) is 17.0. The Labute approximate surface area is 145 Å². The molecule has 5 nitrogen and oxygen atoms in total. The third-order valence-electron chi connectivity index (χ3n) is 3.00. The van der Waals surface area contributed by atoms with Gasteiger partial charge in [-0.3, -0.25) is 10.1 Å². The van der Waals surface area contributed by atoms with Gasteiger partial charge in [0, 0.05) is 11.4 Å². The molecular weight excluding hydrogens is 334 g/mol. The molecule has 124 valence electrons. The lowest BCUT2D eigenvalue weighted by atomic mass is 10.1. The lowest BCUT2D eigenvalue weighted by Crippen LogP contribution is -2.42. The van der Waals surface area contributed by atoms with Crippen LogP contribution in [0.2, 0.25) is 5.02 Å². The molecule has 1 aromatic carbocycles. The van der Waals surface area contributed by atoms with E-state index in [0.717, 1.165) is 11.4 Å². The summed E-state index contributed by atoms with van der Waals surface area (Å²) in [5.74, 6) is 0.795. The van der Waals surface area contributed by atoms with Gasteiger partial charge in [-0.05, 0) is 44.0 Å². The van der Waals surface area contributed by atoms with E-state index in [0.29, 0.717) is 21.8 Å². The van der Waals surface area contributed by atoms with E-state index >= 15 is 0 Å². The number of nitrogens with zero attached hydrogens (tertiary/aromatic N) is 2. The molecule has 0 aliphatic heterocycles. The molecule has 0 radical (unpaired) electrons. The quantitative estimate of drug-likeness (QED) is 0.845. The van der Waals surface area contributed by atoms with E-state index in [4.69, 9.17) is 16.3 Å². The first-order valence-corrected chi connectivity index (χ1v) is 8.54. The topological polar surface area (TPSA) is 64.1 Å². The monoisotopic (exact) mass is 353 g/mol. The summed E-state index contributed by atoms with van der Waals surface area (Å²) in [4.78, 5) is 12.4. The highest BCUT2D eigenvalue weighted by molar-refractivity contribution is 7.15. The summed E-state index contributed by atoms with van der Waals surface area (Å²) in [6.45, 7) is 7.63. The summed E-state index contributed by atoms with van der Waals surface area (Å²) in [6.07, 6.45) is 0.845. The number of amides is 1. The number of carbonyl (C=O) groups is 1. The molecule has 1 heterocycles. The average Bonchev–Trinajstić information content (AvgIpc) is 2.87. The largest absolute Gasteiger partial charge is 0.478 e. The van der Waals surface area contributed by atoms with Gasteiger partial charge < -0.3 is 4.74 Å². The van der Waals surface area contributed by atoms with Crippen LogP contribution in [0.5, 0.6) is 5.75 Å². The Balaban J connectivity index is 2.00. The molecule has 0 saturated carbocycles. The first kappa shape index (κ1) is 17.7. The molecule has 7 heteroatoms. The average molecular weight is 354 g/mol. The lowest BCUT2D eigenvalue weighted by Gasteiger charge is -2.24. The first-order valence-electron chi connectivity index (χ1n) is 7.34. The van der Waals surface area contributed by atoms with Crippen molar-refractivity contribution in [2.24, 2.45) is 5.92 Å². The van der Waals surface area contributed by atoms with Crippen LogP contribution < -0.4 is 10.1 Å². The van der Waals surface area contributed by atoms with Gasteiger partial charge in [0.25, 0.3) is 5.91 Å². The second-order valence-corrected chi connectivity index (χ2v) is 7.62. The number of carbonyl (C=O) groups excluding carboxylic acids is 1. The van der Waals surface area contributed by atoms with Crippen molar-refractivity contribution >= 4 is 34.0 Å². The van der Waals surface area contributed by atoms with Crippen LogP contribution in [0.4, 0.5) is 5.13 Å².